The third-order valence-corrected chi connectivity index (χ3v) is 6.28. The van der Waals surface area contributed by atoms with Crippen molar-refractivity contribution in [3.05, 3.63) is 29.8 Å². The monoisotopic (exact) mass is 373 g/mol. The average molecular weight is 373 g/mol. The van der Waals surface area contributed by atoms with E-state index >= 15 is 0 Å². The number of nitrogens with one attached hydrogen (secondary N) is 1. The highest BCUT2D eigenvalue weighted by Crippen LogP contribution is 2.47. The molecule has 0 unspecified atom stereocenters. The molecule has 1 aliphatic carbocycles. The fourth-order valence-corrected chi connectivity index (χ4v) is 4.71. The molecule has 2 fully saturated rings. The molecule has 1 atom stereocenters. The van der Waals surface area contributed by atoms with Crippen molar-refractivity contribution in [1.82, 2.24) is 15.1 Å². The minimum Gasteiger partial charge on any atom is -0.487 e. The van der Waals surface area contributed by atoms with Crippen LogP contribution < -0.4 is 10.1 Å². The molecule has 2 heterocycles. The first-order chi connectivity index (χ1) is 13.2. The molecule has 0 bridgehead atoms. The Labute approximate surface area is 161 Å². The van der Waals surface area contributed by atoms with Gasteiger partial charge in [-0.15, -0.1) is 0 Å². The summed E-state index contributed by atoms with van der Waals surface area (Å²) >= 11 is 0. The van der Waals surface area contributed by atoms with Crippen LogP contribution in [-0.4, -0.2) is 67.9 Å². The smallest absolute Gasteiger partial charge is 0.317 e. The van der Waals surface area contributed by atoms with Gasteiger partial charge in [0.1, 0.15) is 11.4 Å². The number of carbonyl (C=O) groups is 1. The number of rotatable bonds is 4. The fourth-order valence-electron chi connectivity index (χ4n) is 4.71. The van der Waals surface area contributed by atoms with Crippen molar-refractivity contribution >= 4 is 6.03 Å². The number of fused-ring (bicyclic) bond motifs is 1. The Bertz CT molecular complexity index is 652. The molecule has 2 amide bonds. The lowest BCUT2D eigenvalue weighted by Crippen LogP contribution is -2.53. The minimum absolute atomic E-state index is 0.0343. The van der Waals surface area contributed by atoms with Gasteiger partial charge >= 0.3 is 6.03 Å². The predicted octanol–water partition coefficient (Wildman–Crippen LogP) is 2.80. The summed E-state index contributed by atoms with van der Waals surface area (Å²) in [6.07, 6.45) is 5.49. The SMILES string of the molecule is COCCN1CCN(C(=O)N[C@H]2CC3(CCCC3)Oc3ccccc32)CC1. The van der Waals surface area contributed by atoms with Gasteiger partial charge in [-0.25, -0.2) is 4.79 Å². The Morgan fingerprint density at radius 1 is 1.22 bits per heavy atom. The molecule has 3 aliphatic rings. The van der Waals surface area contributed by atoms with Gasteiger partial charge in [-0.1, -0.05) is 18.2 Å². The number of urea groups is 1. The number of benzene rings is 1. The third kappa shape index (κ3) is 4.06. The Morgan fingerprint density at radius 3 is 2.70 bits per heavy atom. The summed E-state index contributed by atoms with van der Waals surface area (Å²) in [5.41, 5.74) is 1.02. The Balaban J connectivity index is 1.40. The molecule has 0 aromatic heterocycles. The molecule has 1 spiro atoms. The summed E-state index contributed by atoms with van der Waals surface area (Å²) in [7, 11) is 1.73. The molecule has 148 valence electrons. The zero-order chi connectivity index (χ0) is 18.7. The summed E-state index contributed by atoms with van der Waals surface area (Å²) in [5.74, 6) is 0.945. The van der Waals surface area contributed by atoms with E-state index in [4.69, 9.17) is 9.47 Å². The number of piperazine rings is 1. The molecule has 4 rings (SSSR count). The topological polar surface area (TPSA) is 54.0 Å². The maximum absolute atomic E-state index is 12.9. The zero-order valence-electron chi connectivity index (χ0n) is 16.3. The number of carbonyl (C=O) groups excluding carboxylic acids is 1. The summed E-state index contributed by atoms with van der Waals surface area (Å²) in [6.45, 7) is 5.03. The van der Waals surface area contributed by atoms with Crippen LogP contribution in [0.1, 0.15) is 43.7 Å². The second kappa shape index (κ2) is 8.07. The minimum atomic E-state index is -0.0921. The van der Waals surface area contributed by atoms with Crippen LogP contribution in [0, 0.1) is 0 Å². The Kier molecular flexibility index (Phi) is 5.55. The van der Waals surface area contributed by atoms with Gasteiger partial charge in [0, 0.05) is 51.8 Å². The highest BCUT2D eigenvalue weighted by molar-refractivity contribution is 5.75. The quantitative estimate of drug-likeness (QED) is 0.882. The van der Waals surface area contributed by atoms with E-state index in [-0.39, 0.29) is 17.7 Å². The van der Waals surface area contributed by atoms with Crippen molar-refractivity contribution in [2.75, 3.05) is 46.4 Å². The maximum atomic E-state index is 12.9. The zero-order valence-corrected chi connectivity index (χ0v) is 16.3. The van der Waals surface area contributed by atoms with Crippen molar-refractivity contribution in [2.45, 2.75) is 43.7 Å². The number of hydrogen-bond acceptors (Lipinski definition) is 4. The number of para-hydroxylation sites is 1. The van der Waals surface area contributed by atoms with E-state index < -0.39 is 0 Å². The van der Waals surface area contributed by atoms with Crippen molar-refractivity contribution in [2.24, 2.45) is 0 Å². The van der Waals surface area contributed by atoms with Crippen LogP contribution in [0.15, 0.2) is 24.3 Å². The first kappa shape index (κ1) is 18.6. The number of nitrogens with zero attached hydrogens (tertiary/aromatic N) is 2. The molecule has 1 aromatic rings. The van der Waals surface area contributed by atoms with Gasteiger partial charge in [-0.05, 0) is 31.7 Å². The van der Waals surface area contributed by atoms with Crippen molar-refractivity contribution in [1.29, 1.82) is 0 Å². The largest absolute Gasteiger partial charge is 0.487 e. The molecule has 1 N–H and O–H groups in total. The van der Waals surface area contributed by atoms with Gasteiger partial charge < -0.3 is 19.7 Å². The van der Waals surface area contributed by atoms with Crippen LogP contribution in [0.25, 0.3) is 0 Å². The van der Waals surface area contributed by atoms with Gasteiger partial charge in [0.2, 0.25) is 0 Å². The van der Waals surface area contributed by atoms with E-state index in [0.717, 1.165) is 69.9 Å². The second-order valence-electron chi connectivity index (χ2n) is 8.06. The Hall–Kier alpha value is -1.79. The van der Waals surface area contributed by atoms with Crippen LogP contribution in [-0.2, 0) is 4.74 Å². The lowest BCUT2D eigenvalue weighted by Gasteiger charge is -2.41. The first-order valence-corrected chi connectivity index (χ1v) is 10.2. The summed E-state index contributed by atoms with van der Waals surface area (Å²) in [6, 6.07) is 8.27. The lowest BCUT2D eigenvalue weighted by molar-refractivity contribution is 0.0368. The number of hydrogen-bond donors (Lipinski definition) is 1. The van der Waals surface area contributed by atoms with Crippen molar-refractivity contribution < 1.29 is 14.3 Å². The van der Waals surface area contributed by atoms with Gasteiger partial charge in [0.15, 0.2) is 0 Å². The third-order valence-electron chi connectivity index (χ3n) is 6.28. The van der Waals surface area contributed by atoms with E-state index in [1.54, 1.807) is 7.11 Å². The molecule has 2 aliphatic heterocycles. The average Bonchev–Trinajstić information content (AvgIpc) is 3.14. The van der Waals surface area contributed by atoms with Crippen LogP contribution in [0.2, 0.25) is 0 Å². The molecule has 1 saturated carbocycles. The standard InChI is InChI=1S/C21H31N3O3/c1-26-15-14-23-10-12-24(13-11-23)20(25)22-18-16-21(8-4-5-9-21)27-19-7-3-2-6-17(18)19/h2-3,6-7,18H,4-5,8-16H2,1H3,(H,22,25)/t18-/m0/s1. The van der Waals surface area contributed by atoms with Gasteiger partial charge in [0.25, 0.3) is 0 Å². The number of ether oxygens (including phenoxy) is 2. The second-order valence-corrected chi connectivity index (χ2v) is 8.06. The first-order valence-electron chi connectivity index (χ1n) is 10.2. The molecule has 0 radical (unpaired) electrons. The summed E-state index contributed by atoms with van der Waals surface area (Å²) < 4.78 is 11.6. The van der Waals surface area contributed by atoms with Crippen LogP contribution in [0.4, 0.5) is 4.79 Å². The van der Waals surface area contributed by atoms with Gasteiger partial charge in [-0.3, -0.25) is 4.90 Å². The van der Waals surface area contributed by atoms with Gasteiger partial charge in [-0.2, -0.15) is 0 Å². The van der Waals surface area contributed by atoms with Crippen molar-refractivity contribution in [3.63, 3.8) is 0 Å². The highest BCUT2D eigenvalue weighted by Gasteiger charge is 2.43. The number of methoxy groups -OCH3 is 1. The van der Waals surface area contributed by atoms with Crippen LogP contribution in [0.3, 0.4) is 0 Å². The predicted molar refractivity (Wildman–Crippen MR) is 104 cm³/mol. The van der Waals surface area contributed by atoms with E-state index in [2.05, 4.69) is 16.3 Å². The Morgan fingerprint density at radius 2 is 1.96 bits per heavy atom. The lowest BCUT2D eigenvalue weighted by atomic mass is 9.86. The van der Waals surface area contributed by atoms with E-state index in [1.807, 2.05) is 23.1 Å². The van der Waals surface area contributed by atoms with E-state index in [9.17, 15) is 4.79 Å². The van der Waals surface area contributed by atoms with E-state index in [1.165, 1.54) is 12.8 Å². The van der Waals surface area contributed by atoms with Gasteiger partial charge in [0.05, 0.1) is 12.6 Å². The molecular weight excluding hydrogens is 342 g/mol. The normalized spacial score (nSPS) is 24.5. The molecule has 1 aromatic carbocycles. The van der Waals surface area contributed by atoms with Crippen molar-refractivity contribution in [3.8, 4) is 5.75 Å². The summed E-state index contributed by atoms with van der Waals surface area (Å²) in [5, 5.41) is 3.32. The number of amides is 2. The van der Waals surface area contributed by atoms with Crippen LogP contribution in [0.5, 0.6) is 5.75 Å². The summed E-state index contributed by atoms with van der Waals surface area (Å²) in [4.78, 5) is 17.2. The maximum Gasteiger partial charge on any atom is 0.317 e. The highest BCUT2D eigenvalue weighted by atomic mass is 16.5. The molecule has 6 nitrogen and oxygen atoms in total. The molecular formula is C21H31N3O3. The fraction of sp³-hybridized carbons (Fsp3) is 0.667. The van der Waals surface area contributed by atoms with E-state index in [0.29, 0.717) is 0 Å². The van der Waals surface area contributed by atoms with Crippen LogP contribution >= 0.6 is 0 Å². The molecule has 6 heteroatoms. The molecule has 27 heavy (non-hydrogen) atoms. The molecule has 1 saturated heterocycles.